The highest BCUT2D eigenvalue weighted by Gasteiger charge is 2.49. The van der Waals surface area contributed by atoms with Gasteiger partial charge >= 0.3 is 5.97 Å². The highest BCUT2D eigenvalue weighted by Crippen LogP contribution is 2.37. The summed E-state index contributed by atoms with van der Waals surface area (Å²) in [7, 11) is -1.80. The Hall–Kier alpha value is -1.89. The molecule has 0 radical (unpaired) electrons. The first-order chi connectivity index (χ1) is 9.91. The van der Waals surface area contributed by atoms with Gasteiger partial charge in [0.05, 0.1) is 30.2 Å². The Labute approximate surface area is 122 Å². The molecule has 3 rings (SSSR count). The number of anilines is 1. The number of esters is 1. The zero-order valence-electron chi connectivity index (χ0n) is 11.5. The van der Waals surface area contributed by atoms with E-state index >= 15 is 0 Å². The highest BCUT2D eigenvalue weighted by atomic mass is 32.2. The fourth-order valence-corrected chi connectivity index (χ4v) is 5.20. The number of nitrogens with zero attached hydrogens (tertiary/aromatic N) is 1. The quantitative estimate of drug-likeness (QED) is 0.748. The SMILES string of the molecule is COC(=O)c1cccc(N2C(=O)CC3CS(=O)(=O)CC32)c1. The average molecular weight is 309 g/mol. The van der Waals surface area contributed by atoms with Crippen LogP contribution in [0, 0.1) is 5.92 Å². The molecule has 2 fully saturated rings. The Kier molecular flexibility index (Phi) is 3.24. The van der Waals surface area contributed by atoms with Crippen LogP contribution in [0.5, 0.6) is 0 Å². The minimum absolute atomic E-state index is 0.00808. The molecule has 2 aliphatic heterocycles. The van der Waals surface area contributed by atoms with Gasteiger partial charge < -0.3 is 9.64 Å². The molecule has 0 saturated carbocycles. The smallest absolute Gasteiger partial charge is 0.337 e. The Bertz CT molecular complexity index is 712. The highest BCUT2D eigenvalue weighted by molar-refractivity contribution is 7.91. The van der Waals surface area contributed by atoms with Gasteiger partial charge in [0.15, 0.2) is 9.84 Å². The van der Waals surface area contributed by atoms with Gasteiger partial charge in [-0.3, -0.25) is 4.79 Å². The molecule has 1 amide bonds. The Morgan fingerprint density at radius 1 is 1.33 bits per heavy atom. The van der Waals surface area contributed by atoms with Crippen LogP contribution >= 0.6 is 0 Å². The standard InChI is InChI=1S/C14H15NO5S/c1-20-14(17)9-3-2-4-11(5-9)15-12-8-21(18,19)7-10(12)6-13(15)16/h2-5,10,12H,6-8H2,1H3. The van der Waals surface area contributed by atoms with Crippen molar-refractivity contribution in [2.24, 2.45) is 5.92 Å². The van der Waals surface area contributed by atoms with Gasteiger partial charge in [0.2, 0.25) is 5.91 Å². The van der Waals surface area contributed by atoms with Crippen molar-refractivity contribution >= 4 is 27.4 Å². The Morgan fingerprint density at radius 3 is 2.81 bits per heavy atom. The number of amides is 1. The number of hydrogen-bond donors (Lipinski definition) is 0. The number of carbonyl (C=O) groups is 2. The van der Waals surface area contributed by atoms with Gasteiger partial charge in [0.25, 0.3) is 0 Å². The predicted molar refractivity (Wildman–Crippen MR) is 75.8 cm³/mol. The summed E-state index contributed by atoms with van der Waals surface area (Å²) in [6.07, 6.45) is 0.242. The van der Waals surface area contributed by atoms with Crippen molar-refractivity contribution in [1.29, 1.82) is 0 Å². The van der Waals surface area contributed by atoms with Gasteiger partial charge in [-0.1, -0.05) is 6.07 Å². The van der Waals surface area contributed by atoms with E-state index in [4.69, 9.17) is 0 Å². The molecule has 2 heterocycles. The molecule has 2 unspecified atom stereocenters. The summed E-state index contributed by atoms with van der Waals surface area (Å²) in [6, 6.07) is 6.20. The third-order valence-electron chi connectivity index (χ3n) is 4.02. The van der Waals surface area contributed by atoms with Crippen molar-refractivity contribution in [2.75, 3.05) is 23.5 Å². The van der Waals surface area contributed by atoms with Gasteiger partial charge in [-0.2, -0.15) is 0 Å². The third kappa shape index (κ3) is 2.42. The molecule has 112 valence electrons. The molecule has 0 N–H and O–H groups in total. The largest absolute Gasteiger partial charge is 0.465 e. The summed E-state index contributed by atoms with van der Waals surface area (Å²) in [4.78, 5) is 25.3. The van der Waals surface area contributed by atoms with Gasteiger partial charge in [-0.15, -0.1) is 0 Å². The van der Waals surface area contributed by atoms with Crippen molar-refractivity contribution in [3.05, 3.63) is 29.8 Å². The zero-order chi connectivity index (χ0) is 15.2. The first-order valence-electron chi connectivity index (χ1n) is 6.62. The minimum Gasteiger partial charge on any atom is -0.465 e. The van der Waals surface area contributed by atoms with E-state index in [2.05, 4.69) is 4.74 Å². The number of rotatable bonds is 2. The fraction of sp³-hybridized carbons (Fsp3) is 0.429. The van der Waals surface area contributed by atoms with Crippen molar-refractivity contribution < 1.29 is 22.7 Å². The van der Waals surface area contributed by atoms with E-state index in [1.807, 2.05) is 0 Å². The number of fused-ring (bicyclic) bond motifs is 1. The van der Waals surface area contributed by atoms with Crippen molar-refractivity contribution in [2.45, 2.75) is 12.5 Å². The van der Waals surface area contributed by atoms with Crippen LogP contribution in [0.25, 0.3) is 0 Å². The lowest BCUT2D eigenvalue weighted by atomic mass is 10.0. The van der Waals surface area contributed by atoms with Crippen LogP contribution in [-0.2, 0) is 19.4 Å². The number of methoxy groups -OCH3 is 1. The van der Waals surface area contributed by atoms with Crippen LogP contribution in [0.3, 0.4) is 0 Å². The normalized spacial score (nSPS) is 26.7. The van der Waals surface area contributed by atoms with Crippen LogP contribution in [0.2, 0.25) is 0 Å². The maximum atomic E-state index is 12.2. The van der Waals surface area contributed by atoms with E-state index in [9.17, 15) is 18.0 Å². The molecule has 1 aromatic carbocycles. The van der Waals surface area contributed by atoms with E-state index in [1.165, 1.54) is 12.0 Å². The minimum atomic E-state index is -3.09. The lowest BCUT2D eigenvalue weighted by molar-refractivity contribution is -0.117. The van der Waals surface area contributed by atoms with Crippen molar-refractivity contribution in [3.8, 4) is 0 Å². The summed E-state index contributed by atoms with van der Waals surface area (Å²) in [5.74, 6) is -0.673. The number of carbonyl (C=O) groups excluding carboxylic acids is 2. The third-order valence-corrected chi connectivity index (χ3v) is 5.80. The summed E-state index contributed by atoms with van der Waals surface area (Å²) in [5.41, 5.74) is 0.889. The van der Waals surface area contributed by atoms with Crippen LogP contribution in [0.1, 0.15) is 16.8 Å². The fourth-order valence-electron chi connectivity index (χ4n) is 3.13. The molecular formula is C14H15NO5S. The van der Waals surface area contributed by atoms with E-state index in [0.29, 0.717) is 11.3 Å². The first kappa shape index (κ1) is 14.1. The predicted octanol–water partition coefficient (Wildman–Crippen LogP) is 0.623. The molecular weight excluding hydrogens is 294 g/mol. The lowest BCUT2D eigenvalue weighted by Gasteiger charge is -2.23. The summed E-state index contributed by atoms with van der Waals surface area (Å²) in [6.45, 7) is 0. The topological polar surface area (TPSA) is 80.8 Å². The summed E-state index contributed by atoms with van der Waals surface area (Å²) < 4.78 is 28.1. The first-order valence-corrected chi connectivity index (χ1v) is 8.44. The monoisotopic (exact) mass is 309 g/mol. The Morgan fingerprint density at radius 2 is 2.10 bits per heavy atom. The van der Waals surface area contributed by atoms with Crippen LogP contribution in [0.4, 0.5) is 5.69 Å². The maximum Gasteiger partial charge on any atom is 0.337 e. The second-order valence-corrected chi connectivity index (χ2v) is 7.57. The molecule has 0 aromatic heterocycles. The van der Waals surface area contributed by atoms with Crippen molar-refractivity contribution in [3.63, 3.8) is 0 Å². The zero-order valence-corrected chi connectivity index (χ0v) is 12.3. The molecule has 2 saturated heterocycles. The molecule has 2 atom stereocenters. The molecule has 7 heteroatoms. The molecule has 1 aromatic rings. The number of hydrogen-bond acceptors (Lipinski definition) is 5. The lowest BCUT2D eigenvalue weighted by Crippen LogP contribution is -2.36. The Balaban J connectivity index is 1.96. The van der Waals surface area contributed by atoms with E-state index in [1.54, 1.807) is 24.3 Å². The van der Waals surface area contributed by atoms with E-state index < -0.39 is 15.8 Å². The number of benzene rings is 1. The maximum absolute atomic E-state index is 12.2. The van der Waals surface area contributed by atoms with Gasteiger partial charge in [0.1, 0.15) is 0 Å². The van der Waals surface area contributed by atoms with Crippen LogP contribution in [-0.4, -0.2) is 45.0 Å². The van der Waals surface area contributed by atoms with E-state index in [-0.39, 0.29) is 35.8 Å². The second-order valence-electron chi connectivity index (χ2n) is 5.41. The molecule has 21 heavy (non-hydrogen) atoms. The van der Waals surface area contributed by atoms with Gasteiger partial charge in [0, 0.05) is 18.0 Å². The average Bonchev–Trinajstić information content (AvgIpc) is 2.87. The molecule has 0 aliphatic carbocycles. The molecule has 0 spiro atoms. The molecule has 6 nitrogen and oxygen atoms in total. The van der Waals surface area contributed by atoms with Crippen molar-refractivity contribution in [1.82, 2.24) is 0 Å². The van der Waals surface area contributed by atoms with Gasteiger partial charge in [-0.05, 0) is 18.2 Å². The summed E-state index contributed by atoms with van der Waals surface area (Å²) in [5, 5.41) is 0. The van der Waals surface area contributed by atoms with Gasteiger partial charge in [-0.25, -0.2) is 13.2 Å². The van der Waals surface area contributed by atoms with Crippen LogP contribution in [0.15, 0.2) is 24.3 Å². The molecule has 2 aliphatic rings. The molecule has 0 bridgehead atoms. The number of sulfone groups is 1. The van der Waals surface area contributed by atoms with Crippen LogP contribution < -0.4 is 4.90 Å². The summed E-state index contributed by atoms with van der Waals surface area (Å²) >= 11 is 0. The number of ether oxygens (including phenoxy) is 1. The van der Waals surface area contributed by atoms with E-state index in [0.717, 1.165) is 0 Å². The second kappa shape index (κ2) is 4.84.